The smallest absolute Gasteiger partial charge is 0.154 e. The topological polar surface area (TPSA) is 111 Å². The highest BCUT2D eigenvalue weighted by Crippen LogP contribution is 2.27. The maximum atomic E-state index is 13.6. The first-order chi connectivity index (χ1) is 16.7. The van der Waals surface area contributed by atoms with Crippen LogP contribution < -0.4 is 5.32 Å². The third kappa shape index (κ3) is 3.75. The van der Waals surface area contributed by atoms with E-state index in [1.807, 2.05) is 0 Å². The van der Waals surface area contributed by atoms with Crippen LogP contribution in [0, 0.1) is 5.82 Å². The molecule has 0 amide bonds. The number of phenols is 1. The zero-order chi connectivity index (χ0) is 24.7. The number of rotatable bonds is 6. The second-order valence-corrected chi connectivity index (χ2v) is 7.30. The molecule has 0 unspecified atom stereocenters. The molecule has 32 heavy (non-hydrogen) atoms. The second kappa shape index (κ2) is 7.76. The van der Waals surface area contributed by atoms with Gasteiger partial charge in [-0.3, -0.25) is 4.68 Å². The second-order valence-electron chi connectivity index (χ2n) is 7.30. The van der Waals surface area contributed by atoms with Gasteiger partial charge in [-0.15, -0.1) is 10.2 Å². The van der Waals surface area contributed by atoms with Gasteiger partial charge in [0.25, 0.3) is 0 Å². The molecule has 0 aliphatic carbocycles. The van der Waals surface area contributed by atoms with Crippen molar-refractivity contribution < 1.29 is 13.6 Å². The molecule has 2 N–H and O–H groups in total. The third-order valence-electron chi connectivity index (χ3n) is 4.96. The summed E-state index contributed by atoms with van der Waals surface area (Å²) in [6.07, 6.45) is 6.24. The largest absolute Gasteiger partial charge is 0.508 e. The van der Waals surface area contributed by atoms with Gasteiger partial charge in [0, 0.05) is 28.4 Å². The van der Waals surface area contributed by atoms with E-state index in [0.29, 0.717) is 34.0 Å². The van der Waals surface area contributed by atoms with Crippen molar-refractivity contribution in [2.75, 3.05) is 5.32 Å². The first-order valence-corrected chi connectivity index (χ1v) is 9.71. The molecule has 1 aromatic carbocycles. The lowest BCUT2D eigenvalue weighted by molar-refractivity contribution is 0.462. The monoisotopic (exact) mass is 436 g/mol. The number of imidazole rings is 1. The molecule has 0 aliphatic heterocycles. The van der Waals surface area contributed by atoms with E-state index in [1.54, 1.807) is 40.6 Å². The molecule has 0 saturated carbocycles. The number of benzene rings is 1. The van der Waals surface area contributed by atoms with Crippen molar-refractivity contribution >= 4 is 11.5 Å². The summed E-state index contributed by atoms with van der Waals surface area (Å²) in [4.78, 5) is 4.35. The van der Waals surface area contributed by atoms with Crippen LogP contribution in [-0.2, 0) is 13.5 Å². The molecule has 0 fully saturated rings. The van der Waals surface area contributed by atoms with Crippen LogP contribution in [0.4, 0.5) is 10.2 Å². The van der Waals surface area contributed by atoms with E-state index in [0.717, 1.165) is 4.68 Å². The number of aryl methyl sites for hydroxylation is 1. The molecule has 0 spiro atoms. The van der Waals surface area contributed by atoms with Crippen LogP contribution in [0.1, 0.15) is 28.2 Å². The molecule has 5 rings (SSSR count). The third-order valence-corrected chi connectivity index (χ3v) is 4.96. The van der Waals surface area contributed by atoms with Gasteiger partial charge >= 0.3 is 0 Å². The molecule has 162 valence electrons. The highest BCUT2D eigenvalue weighted by Gasteiger charge is 2.15. The van der Waals surface area contributed by atoms with Crippen molar-refractivity contribution in [1.82, 2.24) is 39.4 Å². The maximum absolute atomic E-state index is 13.6. The Labute approximate surface area is 186 Å². The van der Waals surface area contributed by atoms with E-state index < -0.39 is 18.8 Å². The lowest BCUT2D eigenvalue weighted by Gasteiger charge is -2.16. The number of nitrogens with one attached hydrogen (secondary N) is 1. The summed E-state index contributed by atoms with van der Waals surface area (Å²) < 4.78 is 40.0. The van der Waals surface area contributed by atoms with Crippen molar-refractivity contribution in [2.24, 2.45) is 6.98 Å². The van der Waals surface area contributed by atoms with E-state index in [1.165, 1.54) is 30.6 Å². The molecule has 1 atom stereocenters. The van der Waals surface area contributed by atoms with Gasteiger partial charge in [-0.2, -0.15) is 5.10 Å². The van der Waals surface area contributed by atoms with E-state index in [2.05, 4.69) is 30.8 Å². The zero-order valence-corrected chi connectivity index (χ0v) is 16.9. The number of hydrogen-bond acceptors (Lipinski definition) is 7. The maximum Gasteiger partial charge on any atom is 0.154 e. The predicted molar refractivity (Wildman–Crippen MR) is 114 cm³/mol. The Morgan fingerprint density at radius 2 is 2.12 bits per heavy atom. The molecule has 0 saturated heterocycles. The highest BCUT2D eigenvalue weighted by molar-refractivity contribution is 5.59. The van der Waals surface area contributed by atoms with Crippen molar-refractivity contribution in [3.63, 3.8) is 0 Å². The van der Waals surface area contributed by atoms with Gasteiger partial charge in [-0.05, 0) is 37.3 Å². The van der Waals surface area contributed by atoms with Gasteiger partial charge in [0.05, 0.1) is 31.2 Å². The summed E-state index contributed by atoms with van der Waals surface area (Å²) in [6.45, 7) is -0.269. The van der Waals surface area contributed by atoms with Crippen LogP contribution in [0.25, 0.3) is 17.0 Å². The molecular formula is C21H20FN9O. The minimum atomic E-state index is -2.34. The fourth-order valence-corrected chi connectivity index (χ4v) is 3.42. The van der Waals surface area contributed by atoms with E-state index in [9.17, 15) is 9.50 Å². The number of fused-ring (bicyclic) bond motifs is 1. The summed E-state index contributed by atoms with van der Waals surface area (Å²) in [6, 6.07) is 6.86. The van der Waals surface area contributed by atoms with Crippen molar-refractivity contribution in [3.05, 3.63) is 72.1 Å². The standard InChI is InChI=1S/C21H20FN9O/c1-13(16-7-15(22)3-4-19(16)32)25-20-5-6-21-23-9-18(31(21)27-20)17-12-30(28-26-17)11-14-8-24-29(2)10-14/h3-10,12-13,32H,11H2,1-2H3,(H,25,27)/t13-/m1/s1/i2D3. The van der Waals surface area contributed by atoms with E-state index in [4.69, 9.17) is 4.11 Å². The van der Waals surface area contributed by atoms with Gasteiger partial charge in [0.15, 0.2) is 5.65 Å². The minimum absolute atomic E-state index is 0.0168. The summed E-state index contributed by atoms with van der Waals surface area (Å²) in [5, 5.41) is 30.0. The van der Waals surface area contributed by atoms with Crippen LogP contribution in [0.2, 0.25) is 0 Å². The Morgan fingerprint density at radius 3 is 2.97 bits per heavy atom. The average Bonchev–Trinajstić information content (AvgIpc) is 3.55. The number of phenolic OH excluding ortho intramolecular Hbond substituents is 1. The highest BCUT2D eigenvalue weighted by atomic mass is 19.1. The van der Waals surface area contributed by atoms with Gasteiger partial charge in [-0.25, -0.2) is 18.6 Å². The fraction of sp³-hybridized carbons (Fsp3) is 0.190. The lowest BCUT2D eigenvalue weighted by Crippen LogP contribution is -2.10. The molecule has 4 aromatic heterocycles. The molecule has 0 bridgehead atoms. The average molecular weight is 436 g/mol. The van der Waals surface area contributed by atoms with Gasteiger partial charge in [0.1, 0.15) is 28.8 Å². The van der Waals surface area contributed by atoms with Gasteiger partial charge in [-0.1, -0.05) is 5.21 Å². The number of aromatic hydroxyl groups is 1. The quantitative estimate of drug-likeness (QED) is 0.421. The lowest BCUT2D eigenvalue weighted by atomic mass is 10.1. The van der Waals surface area contributed by atoms with E-state index in [-0.39, 0.29) is 12.3 Å². The Hall–Kier alpha value is -4.28. The van der Waals surface area contributed by atoms with Crippen molar-refractivity contribution in [3.8, 4) is 17.1 Å². The molecule has 0 aliphatic rings. The summed E-state index contributed by atoms with van der Waals surface area (Å²) >= 11 is 0. The van der Waals surface area contributed by atoms with Crippen LogP contribution in [-0.4, -0.2) is 44.5 Å². The normalized spacial score (nSPS) is 14.1. The Morgan fingerprint density at radius 1 is 1.22 bits per heavy atom. The number of hydrogen-bond donors (Lipinski definition) is 2. The zero-order valence-electron chi connectivity index (χ0n) is 19.9. The molecule has 4 heterocycles. The number of anilines is 1. The Kier molecular flexibility index (Phi) is 3.98. The SMILES string of the molecule is [2H]C([2H])([2H])n1cc(Cn2cc(-c3cnc4ccc(N[C@H](C)c5cc(F)ccc5O)nn34)nn2)cn1. The molecule has 11 heteroatoms. The Bertz CT molecular complexity index is 1510. The van der Waals surface area contributed by atoms with Crippen LogP contribution in [0.15, 0.2) is 55.1 Å². The molecule has 10 nitrogen and oxygen atoms in total. The van der Waals surface area contributed by atoms with Crippen LogP contribution >= 0.6 is 0 Å². The molecular weight excluding hydrogens is 413 g/mol. The molecule has 5 aromatic rings. The van der Waals surface area contributed by atoms with Gasteiger partial charge < -0.3 is 10.4 Å². The first kappa shape index (κ1) is 16.4. The molecule has 0 radical (unpaired) electrons. The van der Waals surface area contributed by atoms with Crippen LogP contribution in [0.5, 0.6) is 5.75 Å². The van der Waals surface area contributed by atoms with Crippen molar-refractivity contribution in [2.45, 2.75) is 19.5 Å². The number of halogens is 1. The van der Waals surface area contributed by atoms with Crippen LogP contribution in [0.3, 0.4) is 0 Å². The minimum Gasteiger partial charge on any atom is -0.508 e. The van der Waals surface area contributed by atoms with E-state index >= 15 is 0 Å². The first-order valence-electron chi connectivity index (χ1n) is 11.2. The fourth-order valence-electron chi connectivity index (χ4n) is 3.42. The predicted octanol–water partition coefficient (Wildman–Crippen LogP) is 2.79. The Balaban J connectivity index is 1.38. The summed E-state index contributed by atoms with van der Waals surface area (Å²) in [5.74, 6) is 0.0230. The summed E-state index contributed by atoms with van der Waals surface area (Å²) in [5.41, 5.74) is 2.76. The number of aromatic nitrogens is 8. The number of nitrogens with zero attached hydrogens (tertiary/aromatic N) is 8. The summed E-state index contributed by atoms with van der Waals surface area (Å²) in [7, 11) is 0. The van der Waals surface area contributed by atoms with Gasteiger partial charge in [0.2, 0.25) is 0 Å². The van der Waals surface area contributed by atoms with Crippen molar-refractivity contribution in [1.29, 1.82) is 0 Å².